The van der Waals surface area contributed by atoms with Crippen LogP contribution in [0.15, 0.2) is 30.3 Å². The lowest BCUT2D eigenvalue weighted by Crippen LogP contribution is -2.48. The monoisotopic (exact) mass is 364 g/mol. The van der Waals surface area contributed by atoms with Crippen molar-refractivity contribution < 1.29 is 19.5 Å². The van der Waals surface area contributed by atoms with Gasteiger partial charge in [-0.1, -0.05) is 43.7 Å². The van der Waals surface area contributed by atoms with E-state index in [1.807, 2.05) is 13.0 Å². The molecule has 0 saturated carbocycles. The minimum Gasteiger partial charge on any atom is -0.481 e. The molecule has 6 nitrogen and oxygen atoms in total. The van der Waals surface area contributed by atoms with Crippen molar-refractivity contribution in [1.82, 2.24) is 10.2 Å². The summed E-state index contributed by atoms with van der Waals surface area (Å²) in [5, 5.41) is 12.1. The number of nitrogens with zero attached hydrogens (tertiary/aromatic N) is 1. The zero-order valence-electron chi connectivity index (χ0n) is 14.3. The Labute approximate surface area is 152 Å². The molecule has 0 aromatic heterocycles. The summed E-state index contributed by atoms with van der Waals surface area (Å²) in [4.78, 5) is 37.8. The molecule has 0 radical (unpaired) electrons. The lowest BCUT2D eigenvalue weighted by Gasteiger charge is -2.24. The number of carbonyl (C=O) groups is 3. The SMILES string of the molecule is CCCCC(=O)N1CSCC1C(=O)NCC(C(=O)O)c1ccccc1. The molecule has 1 heterocycles. The number of benzene rings is 1. The van der Waals surface area contributed by atoms with Crippen LogP contribution in [0.4, 0.5) is 0 Å². The molecule has 2 unspecified atom stereocenters. The van der Waals surface area contributed by atoms with Crippen LogP contribution < -0.4 is 5.32 Å². The van der Waals surface area contributed by atoms with Crippen LogP contribution in [-0.4, -0.2) is 52.0 Å². The number of nitrogens with one attached hydrogen (secondary N) is 1. The maximum atomic E-state index is 12.5. The van der Waals surface area contributed by atoms with Gasteiger partial charge in [-0.15, -0.1) is 11.8 Å². The van der Waals surface area contributed by atoms with Gasteiger partial charge in [0.1, 0.15) is 6.04 Å². The highest BCUT2D eigenvalue weighted by Crippen LogP contribution is 2.23. The van der Waals surface area contributed by atoms with Gasteiger partial charge in [0.25, 0.3) is 0 Å². The van der Waals surface area contributed by atoms with Gasteiger partial charge < -0.3 is 15.3 Å². The first kappa shape index (κ1) is 19.3. The van der Waals surface area contributed by atoms with Crippen molar-refractivity contribution >= 4 is 29.5 Å². The number of hydrogen-bond acceptors (Lipinski definition) is 4. The van der Waals surface area contributed by atoms with Gasteiger partial charge in [0.05, 0.1) is 11.8 Å². The van der Waals surface area contributed by atoms with Gasteiger partial charge in [-0.25, -0.2) is 0 Å². The van der Waals surface area contributed by atoms with E-state index in [9.17, 15) is 19.5 Å². The minimum absolute atomic E-state index is 0.00940. The molecule has 0 bridgehead atoms. The largest absolute Gasteiger partial charge is 0.481 e. The highest BCUT2D eigenvalue weighted by atomic mass is 32.2. The molecular weight excluding hydrogens is 340 g/mol. The predicted octanol–water partition coefficient (Wildman–Crippen LogP) is 2.06. The molecule has 2 amide bonds. The van der Waals surface area contributed by atoms with E-state index in [1.54, 1.807) is 40.9 Å². The standard InChI is InChI=1S/C18H24N2O4S/c1-2-3-9-16(21)20-12-25-11-15(20)17(22)19-10-14(18(23)24)13-7-5-4-6-8-13/h4-8,14-15H,2-3,9-12H2,1H3,(H,19,22)(H,23,24). The summed E-state index contributed by atoms with van der Waals surface area (Å²) in [6.07, 6.45) is 2.19. The number of carboxylic acid groups (broad SMARTS) is 1. The summed E-state index contributed by atoms with van der Waals surface area (Å²) < 4.78 is 0. The molecule has 2 N–H and O–H groups in total. The molecule has 1 aliphatic heterocycles. The lowest BCUT2D eigenvalue weighted by molar-refractivity contribution is -0.140. The van der Waals surface area contributed by atoms with Crippen molar-refractivity contribution in [2.75, 3.05) is 18.2 Å². The smallest absolute Gasteiger partial charge is 0.312 e. The number of aliphatic carboxylic acids is 1. The molecule has 0 aliphatic carbocycles. The van der Waals surface area contributed by atoms with Crippen LogP contribution >= 0.6 is 11.8 Å². The maximum Gasteiger partial charge on any atom is 0.312 e. The number of amides is 2. The van der Waals surface area contributed by atoms with Crippen LogP contribution in [-0.2, 0) is 14.4 Å². The zero-order valence-corrected chi connectivity index (χ0v) is 15.1. The predicted molar refractivity (Wildman–Crippen MR) is 97.3 cm³/mol. The summed E-state index contributed by atoms with van der Waals surface area (Å²) >= 11 is 1.55. The van der Waals surface area contributed by atoms with E-state index in [1.165, 1.54) is 0 Å². The first-order valence-corrected chi connectivity index (χ1v) is 9.62. The van der Waals surface area contributed by atoms with Gasteiger partial charge in [0.2, 0.25) is 11.8 Å². The van der Waals surface area contributed by atoms with Gasteiger partial charge in [-0.05, 0) is 12.0 Å². The second-order valence-corrected chi connectivity index (χ2v) is 7.03. The van der Waals surface area contributed by atoms with Gasteiger partial charge in [-0.2, -0.15) is 0 Å². The van der Waals surface area contributed by atoms with Crippen molar-refractivity contribution in [2.24, 2.45) is 0 Å². The van der Waals surface area contributed by atoms with E-state index in [-0.39, 0.29) is 18.4 Å². The van der Waals surface area contributed by atoms with Gasteiger partial charge in [-0.3, -0.25) is 14.4 Å². The molecule has 0 spiro atoms. The third-order valence-corrected chi connectivity index (χ3v) is 5.24. The number of carboxylic acids is 1. The highest BCUT2D eigenvalue weighted by molar-refractivity contribution is 7.99. The van der Waals surface area contributed by atoms with Crippen LogP contribution in [0.5, 0.6) is 0 Å². The fourth-order valence-electron chi connectivity index (χ4n) is 2.73. The van der Waals surface area contributed by atoms with Crippen molar-refractivity contribution in [1.29, 1.82) is 0 Å². The Balaban J connectivity index is 1.96. The Morgan fingerprint density at radius 3 is 2.68 bits per heavy atom. The zero-order chi connectivity index (χ0) is 18.2. The number of hydrogen-bond donors (Lipinski definition) is 2. The second-order valence-electron chi connectivity index (χ2n) is 6.03. The third-order valence-electron chi connectivity index (χ3n) is 4.23. The molecule has 136 valence electrons. The van der Waals surface area contributed by atoms with Crippen molar-refractivity contribution in [3.05, 3.63) is 35.9 Å². The molecule has 25 heavy (non-hydrogen) atoms. The molecule has 1 aromatic rings. The van der Waals surface area contributed by atoms with Gasteiger partial charge in [0.15, 0.2) is 0 Å². The van der Waals surface area contributed by atoms with E-state index in [2.05, 4.69) is 5.32 Å². The Kier molecular flexibility index (Phi) is 7.31. The van der Waals surface area contributed by atoms with Crippen LogP contribution in [0, 0.1) is 0 Å². The maximum absolute atomic E-state index is 12.5. The second kappa shape index (κ2) is 9.46. The van der Waals surface area contributed by atoms with Crippen molar-refractivity contribution in [2.45, 2.75) is 38.1 Å². The molecular formula is C18H24N2O4S. The van der Waals surface area contributed by atoms with Crippen LogP contribution in [0.2, 0.25) is 0 Å². The van der Waals surface area contributed by atoms with E-state index < -0.39 is 17.9 Å². The van der Waals surface area contributed by atoms with Crippen molar-refractivity contribution in [3.8, 4) is 0 Å². The van der Waals surface area contributed by atoms with Gasteiger partial charge >= 0.3 is 5.97 Å². The number of carbonyl (C=O) groups excluding carboxylic acids is 2. The topological polar surface area (TPSA) is 86.7 Å². The molecule has 1 fully saturated rings. The molecule has 7 heteroatoms. The van der Waals surface area contributed by atoms with Crippen LogP contribution in [0.25, 0.3) is 0 Å². The van der Waals surface area contributed by atoms with E-state index in [0.29, 0.717) is 23.6 Å². The number of unbranched alkanes of at least 4 members (excludes halogenated alkanes) is 1. The summed E-state index contributed by atoms with van der Waals surface area (Å²) in [6, 6.07) is 8.31. The molecule has 1 aliphatic rings. The third kappa shape index (κ3) is 5.22. The number of rotatable bonds is 8. The summed E-state index contributed by atoms with van der Waals surface area (Å²) in [5.41, 5.74) is 0.645. The first-order valence-electron chi connectivity index (χ1n) is 8.47. The summed E-state index contributed by atoms with van der Waals surface area (Å²) in [6.45, 7) is 2.03. The van der Waals surface area contributed by atoms with E-state index >= 15 is 0 Å². The van der Waals surface area contributed by atoms with Gasteiger partial charge in [0, 0.05) is 18.7 Å². The Bertz CT molecular complexity index is 608. The van der Waals surface area contributed by atoms with Crippen LogP contribution in [0.3, 0.4) is 0 Å². The fraction of sp³-hybridized carbons (Fsp3) is 0.500. The summed E-state index contributed by atoms with van der Waals surface area (Å²) in [7, 11) is 0. The minimum atomic E-state index is -0.983. The Morgan fingerprint density at radius 2 is 2.04 bits per heavy atom. The quantitative estimate of drug-likeness (QED) is 0.737. The normalized spacial score (nSPS) is 18.0. The van der Waals surface area contributed by atoms with E-state index in [4.69, 9.17) is 0 Å². The lowest BCUT2D eigenvalue weighted by atomic mass is 9.99. The number of thioether (sulfide) groups is 1. The molecule has 1 saturated heterocycles. The van der Waals surface area contributed by atoms with Crippen molar-refractivity contribution in [3.63, 3.8) is 0 Å². The summed E-state index contributed by atoms with van der Waals surface area (Å²) in [5.74, 6) is -1.01. The Hall–Kier alpha value is -2.02. The molecule has 2 atom stereocenters. The van der Waals surface area contributed by atoms with Crippen LogP contribution in [0.1, 0.15) is 37.7 Å². The Morgan fingerprint density at radius 1 is 1.32 bits per heavy atom. The molecule has 2 rings (SSSR count). The molecule has 1 aromatic carbocycles. The first-order chi connectivity index (χ1) is 12.0. The fourth-order valence-corrected chi connectivity index (χ4v) is 3.91. The average Bonchev–Trinajstić information content (AvgIpc) is 3.10. The highest BCUT2D eigenvalue weighted by Gasteiger charge is 2.34. The average molecular weight is 364 g/mol. The van der Waals surface area contributed by atoms with E-state index in [0.717, 1.165) is 12.8 Å².